The summed E-state index contributed by atoms with van der Waals surface area (Å²) in [7, 11) is 4.05. The van der Waals surface area contributed by atoms with E-state index in [1.807, 2.05) is 25.2 Å². The second kappa shape index (κ2) is 7.18. The van der Waals surface area contributed by atoms with Crippen molar-refractivity contribution < 1.29 is 4.79 Å². The van der Waals surface area contributed by atoms with Gasteiger partial charge in [-0.25, -0.2) is 4.98 Å². The minimum atomic E-state index is 0.346. The molecule has 3 rings (SSSR count). The highest BCUT2D eigenvalue weighted by molar-refractivity contribution is 7.15. The van der Waals surface area contributed by atoms with Crippen LogP contribution < -0.4 is 10.2 Å². The predicted octanol–water partition coefficient (Wildman–Crippen LogP) is 2.34. The van der Waals surface area contributed by atoms with E-state index in [4.69, 9.17) is 0 Å². The number of hydrogen-bond donors (Lipinski definition) is 1. The number of amides is 1. The van der Waals surface area contributed by atoms with Crippen LogP contribution in [0.3, 0.4) is 0 Å². The van der Waals surface area contributed by atoms with Gasteiger partial charge in [-0.2, -0.15) is 0 Å². The Morgan fingerprint density at radius 3 is 2.83 bits per heavy atom. The van der Waals surface area contributed by atoms with E-state index in [2.05, 4.69) is 22.1 Å². The van der Waals surface area contributed by atoms with E-state index in [0.717, 1.165) is 50.4 Å². The Balaban J connectivity index is 1.52. The van der Waals surface area contributed by atoms with Crippen LogP contribution in [-0.4, -0.2) is 49.0 Å². The summed E-state index contributed by atoms with van der Waals surface area (Å²) in [5.41, 5.74) is 0. The second-order valence-electron chi connectivity index (χ2n) is 7.01. The number of rotatable bonds is 6. The highest BCUT2D eigenvalue weighted by Crippen LogP contribution is 2.33. The Morgan fingerprint density at radius 2 is 2.22 bits per heavy atom. The number of likely N-dealkylation sites (tertiary alicyclic amines) is 1. The van der Waals surface area contributed by atoms with E-state index < -0.39 is 0 Å². The first-order valence-corrected chi connectivity index (χ1v) is 9.54. The van der Waals surface area contributed by atoms with E-state index in [-0.39, 0.29) is 0 Å². The lowest BCUT2D eigenvalue weighted by molar-refractivity contribution is -0.134. The molecule has 1 aromatic rings. The number of carbonyl (C=O) groups excluding carboxylic acids is 1. The number of carbonyl (C=O) groups is 1. The average molecular weight is 337 g/mol. The maximum Gasteiger partial charge on any atom is 0.225 e. The average Bonchev–Trinajstić information content (AvgIpc) is 3.29. The SMILES string of the molecule is CC[C@@H]1CN(C(=O)C2CC2)CC[C@@H]1NCc1cnc(N(C)C)s1. The summed E-state index contributed by atoms with van der Waals surface area (Å²) in [6.45, 7) is 4.95. The minimum Gasteiger partial charge on any atom is -0.354 e. The fraction of sp³-hybridized carbons (Fsp3) is 0.765. The van der Waals surface area contributed by atoms with Crippen molar-refractivity contribution >= 4 is 22.4 Å². The van der Waals surface area contributed by atoms with E-state index in [9.17, 15) is 4.79 Å². The summed E-state index contributed by atoms with van der Waals surface area (Å²) in [6.07, 6.45) is 6.37. The Morgan fingerprint density at radius 1 is 1.43 bits per heavy atom. The first kappa shape index (κ1) is 16.7. The topological polar surface area (TPSA) is 48.5 Å². The van der Waals surface area contributed by atoms with Gasteiger partial charge in [-0.05, 0) is 25.2 Å². The third-order valence-electron chi connectivity index (χ3n) is 4.96. The molecule has 2 atom stereocenters. The van der Waals surface area contributed by atoms with Crippen LogP contribution in [-0.2, 0) is 11.3 Å². The molecule has 2 aliphatic rings. The zero-order chi connectivity index (χ0) is 16.4. The summed E-state index contributed by atoms with van der Waals surface area (Å²) in [4.78, 5) is 22.1. The van der Waals surface area contributed by atoms with Gasteiger partial charge in [-0.15, -0.1) is 11.3 Å². The van der Waals surface area contributed by atoms with Gasteiger partial charge in [0, 0.05) is 56.8 Å². The van der Waals surface area contributed by atoms with Crippen molar-refractivity contribution in [2.45, 2.75) is 45.2 Å². The molecule has 23 heavy (non-hydrogen) atoms. The lowest BCUT2D eigenvalue weighted by Crippen LogP contribution is -2.51. The van der Waals surface area contributed by atoms with Crippen LogP contribution in [0.15, 0.2) is 6.20 Å². The van der Waals surface area contributed by atoms with Crippen LogP contribution in [0.4, 0.5) is 5.13 Å². The van der Waals surface area contributed by atoms with Gasteiger partial charge in [-0.1, -0.05) is 13.3 Å². The third-order valence-corrected chi connectivity index (χ3v) is 6.12. The van der Waals surface area contributed by atoms with Gasteiger partial charge in [0.1, 0.15) is 0 Å². The summed E-state index contributed by atoms with van der Waals surface area (Å²) in [5.74, 6) is 1.31. The van der Waals surface area contributed by atoms with Crippen molar-refractivity contribution in [1.82, 2.24) is 15.2 Å². The zero-order valence-corrected chi connectivity index (χ0v) is 15.2. The van der Waals surface area contributed by atoms with Crippen LogP contribution in [0, 0.1) is 11.8 Å². The van der Waals surface area contributed by atoms with E-state index >= 15 is 0 Å². The van der Waals surface area contributed by atoms with E-state index in [1.54, 1.807) is 11.3 Å². The standard InChI is InChI=1S/C17H28N4OS/c1-4-12-11-21(16(22)13-5-6-13)8-7-15(12)18-9-14-10-19-17(23-14)20(2)3/h10,12-13,15,18H,4-9,11H2,1-3H3/t12-,15+/m1/s1. The molecule has 0 spiro atoms. The molecule has 2 fully saturated rings. The number of hydrogen-bond acceptors (Lipinski definition) is 5. The first-order valence-electron chi connectivity index (χ1n) is 8.72. The lowest BCUT2D eigenvalue weighted by Gasteiger charge is -2.39. The lowest BCUT2D eigenvalue weighted by atomic mass is 9.89. The quantitative estimate of drug-likeness (QED) is 0.866. The van der Waals surface area contributed by atoms with Gasteiger partial charge in [0.25, 0.3) is 0 Å². The van der Waals surface area contributed by atoms with Crippen molar-refractivity contribution in [3.05, 3.63) is 11.1 Å². The molecule has 0 aromatic carbocycles. The number of nitrogens with one attached hydrogen (secondary N) is 1. The third kappa shape index (κ3) is 4.04. The van der Waals surface area contributed by atoms with Crippen molar-refractivity contribution in [2.24, 2.45) is 11.8 Å². The van der Waals surface area contributed by atoms with Gasteiger partial charge >= 0.3 is 0 Å². The van der Waals surface area contributed by atoms with Crippen molar-refractivity contribution in [3.8, 4) is 0 Å². The number of anilines is 1. The van der Waals surface area contributed by atoms with Crippen LogP contribution in [0.2, 0.25) is 0 Å². The fourth-order valence-corrected chi connectivity index (χ4v) is 4.10. The molecule has 1 N–H and O–H groups in total. The molecule has 2 heterocycles. The first-order chi connectivity index (χ1) is 11.1. The Hall–Kier alpha value is -1.14. The van der Waals surface area contributed by atoms with Crippen molar-refractivity contribution in [3.63, 3.8) is 0 Å². The second-order valence-corrected chi connectivity index (χ2v) is 8.10. The highest BCUT2D eigenvalue weighted by atomic mass is 32.1. The Labute approximate surface area is 143 Å². The monoisotopic (exact) mass is 336 g/mol. The van der Waals surface area contributed by atoms with Gasteiger partial charge in [0.2, 0.25) is 5.91 Å². The normalized spacial score (nSPS) is 24.7. The van der Waals surface area contributed by atoms with Crippen LogP contribution in [0.1, 0.15) is 37.5 Å². The molecule has 0 bridgehead atoms. The van der Waals surface area contributed by atoms with Crippen LogP contribution >= 0.6 is 11.3 Å². The summed E-state index contributed by atoms with van der Waals surface area (Å²) < 4.78 is 0. The van der Waals surface area contributed by atoms with E-state index in [1.165, 1.54) is 4.88 Å². The fourth-order valence-electron chi connectivity index (χ4n) is 3.32. The van der Waals surface area contributed by atoms with E-state index in [0.29, 0.717) is 23.8 Å². The molecule has 1 aromatic heterocycles. The Kier molecular flexibility index (Phi) is 5.21. The summed E-state index contributed by atoms with van der Waals surface area (Å²) >= 11 is 1.74. The summed E-state index contributed by atoms with van der Waals surface area (Å²) in [5, 5.41) is 4.76. The van der Waals surface area contributed by atoms with Gasteiger partial charge in [0.15, 0.2) is 5.13 Å². The molecule has 1 amide bonds. The molecule has 0 unspecified atom stereocenters. The Bertz CT molecular complexity index is 540. The molecule has 6 heteroatoms. The smallest absolute Gasteiger partial charge is 0.225 e. The predicted molar refractivity (Wildman–Crippen MR) is 94.8 cm³/mol. The number of piperidine rings is 1. The van der Waals surface area contributed by atoms with Crippen LogP contribution in [0.5, 0.6) is 0 Å². The number of aromatic nitrogens is 1. The molecule has 128 valence electrons. The van der Waals surface area contributed by atoms with Crippen molar-refractivity contribution in [2.75, 3.05) is 32.1 Å². The summed E-state index contributed by atoms with van der Waals surface area (Å²) in [6, 6.07) is 0.508. The molecule has 1 aliphatic heterocycles. The maximum atomic E-state index is 12.3. The van der Waals surface area contributed by atoms with Crippen LogP contribution in [0.25, 0.3) is 0 Å². The molecule has 1 aliphatic carbocycles. The molecule has 1 saturated heterocycles. The minimum absolute atomic E-state index is 0.346. The molecule has 5 nitrogen and oxygen atoms in total. The molecular formula is C17H28N4OS. The largest absolute Gasteiger partial charge is 0.354 e. The molecule has 1 saturated carbocycles. The van der Waals surface area contributed by atoms with Gasteiger partial charge in [0.05, 0.1) is 0 Å². The maximum absolute atomic E-state index is 12.3. The number of thiazole rings is 1. The highest BCUT2D eigenvalue weighted by Gasteiger charge is 2.37. The molecule has 0 radical (unpaired) electrons. The van der Waals surface area contributed by atoms with Gasteiger partial charge in [-0.3, -0.25) is 4.79 Å². The number of nitrogens with zero attached hydrogens (tertiary/aromatic N) is 3. The van der Waals surface area contributed by atoms with Crippen molar-refractivity contribution in [1.29, 1.82) is 0 Å². The zero-order valence-electron chi connectivity index (χ0n) is 14.4. The molecular weight excluding hydrogens is 308 g/mol. The van der Waals surface area contributed by atoms with Gasteiger partial charge < -0.3 is 15.1 Å².